The van der Waals surface area contributed by atoms with Gasteiger partial charge in [0.2, 0.25) is 0 Å². The molecule has 0 amide bonds. The fourth-order valence-corrected chi connectivity index (χ4v) is 11.5. The molecule has 99 heavy (non-hydrogen) atoms. The van der Waals surface area contributed by atoms with Gasteiger partial charge in [-0.3, -0.25) is 14.4 Å². The molecule has 0 spiro atoms. The number of rotatable bonds is 33. The van der Waals surface area contributed by atoms with E-state index in [-0.39, 0.29) is 59.5 Å². The van der Waals surface area contributed by atoms with Crippen molar-refractivity contribution in [2.24, 2.45) is 16.2 Å². The number of hydrogen-bond donors (Lipinski definition) is 0. The van der Waals surface area contributed by atoms with Gasteiger partial charge in [-0.05, 0) is 115 Å². The van der Waals surface area contributed by atoms with Gasteiger partial charge in [0.25, 0.3) is 0 Å². The van der Waals surface area contributed by atoms with Crippen molar-refractivity contribution in [2.45, 2.75) is 220 Å². The van der Waals surface area contributed by atoms with Crippen LogP contribution in [0.15, 0.2) is 195 Å². The number of carbonyl (C=O) groups is 3. The van der Waals surface area contributed by atoms with Crippen molar-refractivity contribution in [1.29, 1.82) is 0 Å². The normalized spacial score (nSPS) is 25.9. The predicted molar refractivity (Wildman–Crippen MR) is 372 cm³/mol. The molecule has 0 bridgehead atoms. The monoisotopic (exact) mass is 1360 g/mol. The molecule has 0 aromatic heterocycles. The molecule has 534 valence electrons. The van der Waals surface area contributed by atoms with E-state index in [0.29, 0.717) is 19.3 Å². The summed E-state index contributed by atoms with van der Waals surface area (Å²) in [6, 6.07) is 58.2. The number of esters is 3. The maximum absolute atomic E-state index is 14.7. The largest absolute Gasteiger partial charge is 0.454 e. The second kappa shape index (κ2) is 37.1. The Kier molecular flexibility index (Phi) is 28.5. The average molecular weight is 1360 g/mol. The van der Waals surface area contributed by atoms with Gasteiger partial charge in [-0.15, -0.1) is 6.58 Å². The SMILES string of the molecule is C=CCCCO[C@@H]1OC(CO[C@@H]2OC(CO[C@@H]3OC(CC)[C@@H](OCc4ccccc4)[C@@H](OCc4ccccc4)C3OC(=O)C(C)(C)C)[C@@H](OCc3ccccc3)[C@@H](OCc3ccccc3)C2OC(=O)C(C)(C)C)[C@H](OCc2ccccc2)[C@@H](OCc2ccccc2)C1OC(=O)C(C)(C)C. The summed E-state index contributed by atoms with van der Waals surface area (Å²) in [4.78, 5) is 43.4. The van der Waals surface area contributed by atoms with Crippen molar-refractivity contribution in [3.8, 4) is 0 Å². The number of carbonyl (C=O) groups excluding carboxylic acids is 3. The Morgan fingerprint density at radius 2 is 0.586 bits per heavy atom. The topological polar surface area (TPSA) is 190 Å². The summed E-state index contributed by atoms with van der Waals surface area (Å²) in [5.74, 6) is -1.60. The van der Waals surface area contributed by atoms with Crippen molar-refractivity contribution in [3.05, 3.63) is 228 Å². The maximum Gasteiger partial charge on any atom is 0.311 e. The fourth-order valence-electron chi connectivity index (χ4n) is 11.5. The van der Waals surface area contributed by atoms with Gasteiger partial charge in [0.1, 0.15) is 48.8 Å². The molecule has 3 aliphatic rings. The first-order chi connectivity index (χ1) is 47.7. The van der Waals surface area contributed by atoms with E-state index >= 15 is 0 Å². The lowest BCUT2D eigenvalue weighted by atomic mass is 9.94. The van der Waals surface area contributed by atoms with Crippen LogP contribution in [-0.4, -0.2) is 130 Å². The smallest absolute Gasteiger partial charge is 0.311 e. The average Bonchev–Trinajstić information content (AvgIpc) is 1.44. The van der Waals surface area contributed by atoms with Crippen molar-refractivity contribution >= 4 is 17.9 Å². The van der Waals surface area contributed by atoms with Gasteiger partial charge in [0.05, 0.1) is 81.8 Å². The highest BCUT2D eigenvalue weighted by Gasteiger charge is 2.56. The van der Waals surface area contributed by atoms with Crippen molar-refractivity contribution in [1.82, 2.24) is 0 Å². The van der Waals surface area contributed by atoms with Gasteiger partial charge in [-0.1, -0.05) is 195 Å². The second-order valence-electron chi connectivity index (χ2n) is 28.4. The summed E-state index contributed by atoms with van der Waals surface area (Å²) in [5.41, 5.74) is 2.24. The Hall–Kier alpha value is -7.01. The minimum Gasteiger partial charge on any atom is -0.454 e. The molecule has 9 rings (SSSR count). The lowest BCUT2D eigenvalue weighted by Crippen LogP contribution is -2.65. The molecule has 0 aliphatic carbocycles. The Balaban J connectivity index is 1.14. The summed E-state index contributed by atoms with van der Waals surface area (Å²) in [6.07, 6.45) is -12.9. The van der Waals surface area contributed by atoms with Gasteiger partial charge in [-0.2, -0.15) is 0 Å². The number of ether oxygens (including phenoxy) is 15. The molecule has 15 atom stereocenters. The van der Waals surface area contributed by atoms with Crippen molar-refractivity contribution in [3.63, 3.8) is 0 Å². The zero-order chi connectivity index (χ0) is 70.4. The zero-order valence-corrected chi connectivity index (χ0v) is 59.1. The predicted octanol–water partition coefficient (Wildman–Crippen LogP) is 14.0. The third-order valence-electron chi connectivity index (χ3n) is 17.1. The summed E-state index contributed by atoms with van der Waals surface area (Å²) < 4.78 is 104. The van der Waals surface area contributed by atoms with Crippen LogP contribution in [0.3, 0.4) is 0 Å². The number of benzene rings is 6. The number of unbranched alkanes of at least 4 members (excludes halogenated alkanes) is 1. The Morgan fingerprint density at radius 1 is 0.343 bits per heavy atom. The highest BCUT2D eigenvalue weighted by molar-refractivity contribution is 5.76. The Labute approximate surface area is 585 Å². The van der Waals surface area contributed by atoms with Gasteiger partial charge < -0.3 is 71.1 Å². The Bertz CT molecular complexity index is 3340. The quantitative estimate of drug-likeness (QED) is 0.0163. The highest BCUT2D eigenvalue weighted by Crippen LogP contribution is 2.39. The fraction of sp³-hybridized carbons (Fsp3) is 0.494. The third kappa shape index (κ3) is 22.5. The molecule has 3 fully saturated rings. The summed E-state index contributed by atoms with van der Waals surface area (Å²) >= 11 is 0. The van der Waals surface area contributed by atoms with Crippen LogP contribution in [0.1, 0.15) is 122 Å². The molecule has 0 N–H and O–H groups in total. The minimum atomic E-state index is -1.46. The number of hydrogen-bond acceptors (Lipinski definition) is 18. The van der Waals surface area contributed by atoms with Crippen LogP contribution in [0.25, 0.3) is 0 Å². The first-order valence-corrected chi connectivity index (χ1v) is 34.6. The molecule has 6 unspecified atom stereocenters. The maximum atomic E-state index is 14.7. The third-order valence-corrected chi connectivity index (χ3v) is 17.1. The highest BCUT2D eigenvalue weighted by atomic mass is 16.8. The van der Waals surface area contributed by atoms with E-state index in [2.05, 4.69) is 6.58 Å². The van der Waals surface area contributed by atoms with E-state index in [4.69, 9.17) is 71.1 Å². The van der Waals surface area contributed by atoms with Crippen LogP contribution in [0.4, 0.5) is 0 Å². The molecule has 0 saturated carbocycles. The molecule has 6 aromatic rings. The Morgan fingerprint density at radius 3 is 0.838 bits per heavy atom. The van der Waals surface area contributed by atoms with Gasteiger partial charge in [0, 0.05) is 0 Å². The molecule has 0 radical (unpaired) electrons. The molecule has 3 heterocycles. The van der Waals surface area contributed by atoms with Crippen LogP contribution in [0.5, 0.6) is 0 Å². The number of allylic oxidation sites excluding steroid dienone is 1. The molecule has 3 saturated heterocycles. The van der Waals surface area contributed by atoms with E-state index < -0.39 is 126 Å². The lowest BCUT2D eigenvalue weighted by Gasteiger charge is -2.48. The van der Waals surface area contributed by atoms with E-state index in [1.54, 1.807) is 68.4 Å². The molecule has 3 aliphatic heterocycles. The van der Waals surface area contributed by atoms with Crippen LogP contribution in [0.2, 0.25) is 0 Å². The molecule has 18 heteroatoms. The van der Waals surface area contributed by atoms with Crippen LogP contribution < -0.4 is 0 Å². The van der Waals surface area contributed by atoms with E-state index in [1.807, 2.05) is 189 Å². The summed E-state index contributed by atoms with van der Waals surface area (Å²) in [5, 5.41) is 0. The first kappa shape index (κ1) is 76.2. The standard InChI is InChI=1S/C81H102O18/c1-12-14-33-46-85-73-70(97-76(82)79(3,4)5)68(90-51-59-42-29-19-30-43-59)65(87-48-56-36-23-16-24-37-56)62(95-73)53-93-75-72(99-78(84)81(9,10)11)69(91-52-60-44-31-20-32-45-60)66(88-49-57-38-25-17-26-39-57)63(96-75)54-92-74-71(98-77(83)80(6,7)8)67(89-50-58-40-27-18-28-41-58)64(61(13-2)94-74)86-47-55-34-21-15-22-35-55/h12,15-32,34-45,61-75H,1,13-14,33,46-54H2,2-11H3/t61?,62?,63?,64-,65+,66-,67-,68-,69-,70?,71?,72?,73-,74-,75-/m1/s1. The first-order valence-electron chi connectivity index (χ1n) is 34.6. The van der Waals surface area contributed by atoms with Gasteiger partial charge >= 0.3 is 17.9 Å². The van der Waals surface area contributed by atoms with E-state index in [9.17, 15) is 14.4 Å². The molecular formula is C81H102O18. The molecule has 18 nitrogen and oxygen atoms in total. The van der Waals surface area contributed by atoms with Crippen molar-refractivity contribution < 1.29 is 85.4 Å². The zero-order valence-electron chi connectivity index (χ0n) is 59.1. The van der Waals surface area contributed by atoms with Crippen LogP contribution in [-0.2, 0) is 125 Å². The van der Waals surface area contributed by atoms with Gasteiger partial charge in [-0.25, -0.2) is 0 Å². The minimum absolute atomic E-state index is 0.0429. The summed E-state index contributed by atoms with van der Waals surface area (Å²) in [6.45, 7) is 22.1. The second-order valence-corrected chi connectivity index (χ2v) is 28.4. The van der Waals surface area contributed by atoms with Crippen LogP contribution in [0, 0.1) is 16.2 Å². The van der Waals surface area contributed by atoms with Crippen molar-refractivity contribution in [2.75, 3.05) is 19.8 Å². The molecular weight excluding hydrogens is 1260 g/mol. The van der Waals surface area contributed by atoms with Crippen LogP contribution >= 0.6 is 0 Å². The summed E-state index contributed by atoms with van der Waals surface area (Å²) in [7, 11) is 0. The van der Waals surface area contributed by atoms with E-state index in [1.165, 1.54) is 0 Å². The molecule has 6 aromatic carbocycles. The lowest BCUT2D eigenvalue weighted by molar-refractivity contribution is -0.356. The van der Waals surface area contributed by atoms with Gasteiger partial charge in [0.15, 0.2) is 37.2 Å². The van der Waals surface area contributed by atoms with E-state index in [0.717, 1.165) is 33.4 Å².